The average Bonchev–Trinajstić information content (AvgIpc) is 2.68. The third kappa shape index (κ3) is 4.68. The van der Waals surface area contributed by atoms with Crippen LogP contribution >= 0.6 is 0 Å². The molecule has 1 N–H and O–H groups in total. The van der Waals surface area contributed by atoms with E-state index >= 15 is 0 Å². The predicted molar refractivity (Wildman–Crippen MR) is 106 cm³/mol. The van der Waals surface area contributed by atoms with E-state index in [0.29, 0.717) is 42.0 Å². The van der Waals surface area contributed by atoms with Gasteiger partial charge in [-0.2, -0.15) is 0 Å². The number of aliphatic imine (C=N–C) groups is 2. The number of ketones is 1. The summed E-state index contributed by atoms with van der Waals surface area (Å²) in [5, 5.41) is 7.60. The molecule has 0 bridgehead atoms. The number of rotatable bonds is 7. The summed E-state index contributed by atoms with van der Waals surface area (Å²) in [5.41, 5.74) is 4.37. The van der Waals surface area contributed by atoms with Gasteiger partial charge >= 0.3 is 0 Å². The fraction of sp³-hybridized carbons (Fsp3) is 0.190. The number of nitrogens with one attached hydrogen (secondary N) is 1. The Labute approximate surface area is 157 Å². The van der Waals surface area contributed by atoms with Gasteiger partial charge in [-0.15, -0.1) is 0 Å². The molecule has 0 aliphatic carbocycles. The maximum absolute atomic E-state index is 12.6. The van der Waals surface area contributed by atoms with E-state index in [1.54, 1.807) is 19.2 Å². The zero-order chi connectivity index (χ0) is 19.2. The van der Waals surface area contributed by atoms with Gasteiger partial charge in [0.1, 0.15) is 12.2 Å². The van der Waals surface area contributed by atoms with E-state index in [1.807, 2.05) is 24.3 Å². The van der Waals surface area contributed by atoms with Crippen molar-refractivity contribution in [3.05, 3.63) is 77.1 Å². The standard InChI is InChI=1S/C21H20N4O2/c1-14(8-15-4-3-5-16(9-15)12-27-2)21(26)17-6-7-18(23-11-17)19-10-20(22)25-13-24-19/h3-7,9,11,13,22H,1,8,10,12H2,2H3. The van der Waals surface area contributed by atoms with E-state index in [2.05, 4.69) is 21.5 Å². The second kappa shape index (κ2) is 8.42. The summed E-state index contributed by atoms with van der Waals surface area (Å²) in [6.45, 7) is 4.48. The number of ether oxygens (including phenoxy) is 1. The molecule has 1 aromatic heterocycles. The molecular formula is C21H20N4O2. The Kier molecular flexibility index (Phi) is 5.78. The normalized spacial score (nSPS) is 13.4. The number of methoxy groups -OCH3 is 1. The van der Waals surface area contributed by atoms with Gasteiger partial charge in [0.05, 0.1) is 24.4 Å². The van der Waals surface area contributed by atoms with E-state index in [-0.39, 0.29) is 11.6 Å². The minimum absolute atomic E-state index is 0.133. The van der Waals surface area contributed by atoms with Crippen molar-refractivity contribution in [3.8, 4) is 0 Å². The molecule has 6 nitrogen and oxygen atoms in total. The highest BCUT2D eigenvalue weighted by molar-refractivity contribution is 6.16. The first-order chi connectivity index (χ1) is 13.1. The fourth-order valence-corrected chi connectivity index (χ4v) is 2.80. The molecule has 27 heavy (non-hydrogen) atoms. The van der Waals surface area contributed by atoms with Crippen LogP contribution in [0.4, 0.5) is 0 Å². The molecule has 0 spiro atoms. The molecule has 2 aromatic rings. The van der Waals surface area contributed by atoms with Crippen LogP contribution in [0.2, 0.25) is 0 Å². The second-order valence-corrected chi connectivity index (χ2v) is 6.24. The summed E-state index contributed by atoms with van der Waals surface area (Å²) in [7, 11) is 1.65. The lowest BCUT2D eigenvalue weighted by atomic mass is 9.98. The third-order valence-corrected chi connectivity index (χ3v) is 4.12. The highest BCUT2D eigenvalue weighted by Crippen LogP contribution is 2.15. The van der Waals surface area contributed by atoms with Gasteiger partial charge in [0, 0.05) is 25.3 Å². The molecule has 1 aliphatic rings. The summed E-state index contributed by atoms with van der Waals surface area (Å²) in [6, 6.07) is 11.4. The topological polar surface area (TPSA) is 87.8 Å². The number of carbonyl (C=O) groups is 1. The molecular weight excluding hydrogens is 340 g/mol. The Morgan fingerprint density at radius 3 is 2.78 bits per heavy atom. The molecule has 0 radical (unpaired) electrons. The lowest BCUT2D eigenvalue weighted by Gasteiger charge is -2.09. The van der Waals surface area contributed by atoms with Crippen LogP contribution in [0.25, 0.3) is 0 Å². The molecule has 1 aliphatic heterocycles. The number of hydrogen-bond donors (Lipinski definition) is 1. The molecule has 0 amide bonds. The van der Waals surface area contributed by atoms with Crippen molar-refractivity contribution >= 4 is 23.7 Å². The van der Waals surface area contributed by atoms with E-state index < -0.39 is 0 Å². The Bertz CT molecular complexity index is 943. The smallest absolute Gasteiger partial charge is 0.190 e. The highest BCUT2D eigenvalue weighted by atomic mass is 16.5. The maximum Gasteiger partial charge on any atom is 0.190 e. The summed E-state index contributed by atoms with van der Waals surface area (Å²) >= 11 is 0. The van der Waals surface area contributed by atoms with Gasteiger partial charge in [0.2, 0.25) is 0 Å². The molecule has 136 valence electrons. The quantitative estimate of drug-likeness (QED) is 0.606. The molecule has 3 rings (SSSR count). The first kappa shape index (κ1) is 18.5. The molecule has 2 heterocycles. The number of hydrogen-bond acceptors (Lipinski definition) is 5. The summed E-state index contributed by atoms with van der Waals surface area (Å²) in [5.74, 6) is 0.108. The predicted octanol–water partition coefficient (Wildman–Crippen LogP) is 3.41. The number of allylic oxidation sites excluding steroid dienone is 1. The zero-order valence-electron chi connectivity index (χ0n) is 15.1. The zero-order valence-corrected chi connectivity index (χ0v) is 15.1. The Balaban J connectivity index is 1.69. The Hall–Kier alpha value is -3.25. The van der Waals surface area contributed by atoms with Gasteiger partial charge in [0.25, 0.3) is 0 Å². The molecule has 0 saturated carbocycles. The number of pyridine rings is 1. The molecule has 6 heteroatoms. The van der Waals surface area contributed by atoms with Crippen molar-refractivity contribution in [3.63, 3.8) is 0 Å². The van der Waals surface area contributed by atoms with E-state index in [0.717, 1.165) is 11.1 Å². The lowest BCUT2D eigenvalue weighted by Crippen LogP contribution is -2.14. The van der Waals surface area contributed by atoms with Crippen LogP contribution in [-0.2, 0) is 17.8 Å². The van der Waals surface area contributed by atoms with Gasteiger partial charge in [-0.1, -0.05) is 30.8 Å². The molecule has 0 unspecified atom stereocenters. The van der Waals surface area contributed by atoms with Crippen molar-refractivity contribution in [2.24, 2.45) is 9.98 Å². The minimum atomic E-state index is -0.133. The second-order valence-electron chi connectivity index (χ2n) is 6.24. The van der Waals surface area contributed by atoms with E-state index in [1.165, 1.54) is 12.5 Å². The first-order valence-corrected chi connectivity index (χ1v) is 8.49. The number of amidine groups is 1. The molecule has 0 fully saturated rings. The molecule has 1 aromatic carbocycles. The van der Waals surface area contributed by atoms with Gasteiger partial charge in [-0.25, -0.2) is 9.98 Å². The van der Waals surface area contributed by atoms with Crippen LogP contribution in [0.1, 0.15) is 33.6 Å². The molecule has 0 saturated heterocycles. The highest BCUT2D eigenvalue weighted by Gasteiger charge is 2.14. The van der Waals surface area contributed by atoms with Crippen LogP contribution in [0.5, 0.6) is 0 Å². The summed E-state index contributed by atoms with van der Waals surface area (Å²) in [6.07, 6.45) is 3.68. The van der Waals surface area contributed by atoms with Gasteiger partial charge < -0.3 is 4.74 Å². The van der Waals surface area contributed by atoms with E-state index in [9.17, 15) is 4.79 Å². The van der Waals surface area contributed by atoms with Crippen LogP contribution in [0.15, 0.2) is 64.7 Å². The fourth-order valence-electron chi connectivity index (χ4n) is 2.80. The van der Waals surface area contributed by atoms with Crippen molar-refractivity contribution in [2.75, 3.05) is 7.11 Å². The average molecular weight is 360 g/mol. The van der Waals surface area contributed by atoms with Crippen LogP contribution in [-0.4, -0.2) is 35.8 Å². The largest absolute Gasteiger partial charge is 0.380 e. The van der Waals surface area contributed by atoms with Crippen LogP contribution < -0.4 is 0 Å². The van der Waals surface area contributed by atoms with Crippen LogP contribution in [0, 0.1) is 5.41 Å². The summed E-state index contributed by atoms with van der Waals surface area (Å²) in [4.78, 5) is 24.9. The number of carbonyl (C=O) groups excluding carboxylic acids is 1. The van der Waals surface area contributed by atoms with Crippen molar-refractivity contribution in [2.45, 2.75) is 19.4 Å². The third-order valence-electron chi connectivity index (χ3n) is 4.12. The number of aromatic nitrogens is 1. The number of benzene rings is 1. The van der Waals surface area contributed by atoms with Crippen molar-refractivity contribution < 1.29 is 9.53 Å². The lowest BCUT2D eigenvalue weighted by molar-refractivity contribution is 0.103. The van der Waals surface area contributed by atoms with Gasteiger partial charge in [0.15, 0.2) is 5.78 Å². The minimum Gasteiger partial charge on any atom is -0.380 e. The van der Waals surface area contributed by atoms with Crippen LogP contribution in [0.3, 0.4) is 0 Å². The number of nitrogens with zero attached hydrogens (tertiary/aromatic N) is 3. The Morgan fingerprint density at radius 2 is 2.07 bits per heavy atom. The SMILES string of the molecule is C=C(Cc1cccc(COC)c1)C(=O)c1ccc(C2=NC=NC(=N)C2)nc1. The summed E-state index contributed by atoms with van der Waals surface area (Å²) < 4.78 is 5.14. The first-order valence-electron chi connectivity index (χ1n) is 8.49. The Morgan fingerprint density at radius 1 is 1.26 bits per heavy atom. The van der Waals surface area contributed by atoms with Crippen molar-refractivity contribution in [1.29, 1.82) is 5.41 Å². The van der Waals surface area contributed by atoms with Gasteiger partial charge in [-0.05, 0) is 28.8 Å². The maximum atomic E-state index is 12.6. The van der Waals surface area contributed by atoms with Gasteiger partial charge in [-0.3, -0.25) is 15.2 Å². The molecule has 0 atom stereocenters. The monoisotopic (exact) mass is 360 g/mol. The van der Waals surface area contributed by atoms with Crippen molar-refractivity contribution in [1.82, 2.24) is 4.98 Å². The number of Topliss-reactive ketones (excluding diaryl/α,β-unsaturated/α-hetero) is 1. The van der Waals surface area contributed by atoms with E-state index in [4.69, 9.17) is 10.1 Å².